The molecular weight excluding hydrogens is 422 g/mol. The van der Waals surface area contributed by atoms with E-state index in [1.54, 1.807) is 0 Å². The Bertz CT molecular complexity index is 1140. The number of fused-ring (bicyclic) bond motifs is 1. The Kier molecular flexibility index (Phi) is 5.95. The van der Waals surface area contributed by atoms with Crippen molar-refractivity contribution in [1.29, 1.82) is 0 Å². The van der Waals surface area contributed by atoms with E-state index in [9.17, 15) is 0 Å². The first-order valence-corrected chi connectivity index (χ1v) is 12.3. The summed E-state index contributed by atoms with van der Waals surface area (Å²) < 4.78 is 11.7. The van der Waals surface area contributed by atoms with E-state index in [4.69, 9.17) is 14.2 Å². The van der Waals surface area contributed by atoms with E-state index < -0.39 is 0 Å². The highest BCUT2D eigenvalue weighted by Gasteiger charge is 2.28. The summed E-state index contributed by atoms with van der Waals surface area (Å²) in [5.41, 5.74) is 3.09. The number of hydrogen-bond acceptors (Lipinski definition) is 8. The van der Waals surface area contributed by atoms with Crippen molar-refractivity contribution >= 4 is 33.3 Å². The fourth-order valence-electron chi connectivity index (χ4n) is 4.22. The van der Waals surface area contributed by atoms with Crippen LogP contribution in [0, 0.1) is 5.92 Å². The number of piperidine rings is 1. The second-order valence-electron chi connectivity index (χ2n) is 8.88. The molecular formula is C24H29N5O2S. The van der Waals surface area contributed by atoms with Crippen LogP contribution in [0.25, 0.3) is 15.9 Å². The summed E-state index contributed by atoms with van der Waals surface area (Å²) in [6.45, 7) is 8.08. The lowest BCUT2D eigenvalue weighted by atomic mass is 9.92. The molecule has 8 heteroatoms. The summed E-state index contributed by atoms with van der Waals surface area (Å²) in [4.78, 5) is 17.1. The molecule has 1 atom stereocenters. The Morgan fingerprint density at radius 2 is 1.94 bits per heavy atom. The fraction of sp³-hybridized carbons (Fsp3) is 0.500. The number of anilines is 1. The van der Waals surface area contributed by atoms with Gasteiger partial charge >= 0.3 is 6.01 Å². The van der Waals surface area contributed by atoms with E-state index in [1.165, 1.54) is 16.9 Å². The van der Waals surface area contributed by atoms with Crippen molar-refractivity contribution in [1.82, 2.24) is 20.1 Å². The standard InChI is InChI=1S/C24H29N5O2S/c1-15(2)21-27-23(31-28-21)29-13-11-17(12-14-29)16(3)30-24-26-20-10-9-19(25-22(20)32-24)18-7-5-4-6-8-18/h5,7-10,15-17H,4,6,11-14H2,1-3H3. The summed E-state index contributed by atoms with van der Waals surface area (Å²) in [5, 5.41) is 4.79. The molecule has 1 unspecified atom stereocenters. The van der Waals surface area contributed by atoms with Crippen molar-refractivity contribution in [3.05, 3.63) is 41.9 Å². The van der Waals surface area contributed by atoms with Gasteiger partial charge in [-0.2, -0.15) is 4.98 Å². The Hall–Kier alpha value is -2.74. The first-order chi connectivity index (χ1) is 15.6. The highest BCUT2D eigenvalue weighted by atomic mass is 32.1. The van der Waals surface area contributed by atoms with E-state index in [-0.39, 0.29) is 12.0 Å². The van der Waals surface area contributed by atoms with E-state index in [0.29, 0.717) is 17.1 Å². The molecule has 0 N–H and O–H groups in total. The Labute approximate surface area is 192 Å². The lowest BCUT2D eigenvalue weighted by Crippen LogP contribution is -2.38. The van der Waals surface area contributed by atoms with E-state index in [2.05, 4.69) is 65.1 Å². The average molecular weight is 452 g/mol. The maximum Gasteiger partial charge on any atom is 0.324 e. The normalized spacial score (nSPS) is 18.4. The smallest absolute Gasteiger partial charge is 0.324 e. The van der Waals surface area contributed by atoms with Gasteiger partial charge in [0.25, 0.3) is 5.19 Å². The number of nitrogens with zero attached hydrogens (tertiary/aromatic N) is 5. The van der Waals surface area contributed by atoms with Gasteiger partial charge in [0.2, 0.25) is 0 Å². The third kappa shape index (κ3) is 4.41. The minimum absolute atomic E-state index is 0.0927. The van der Waals surface area contributed by atoms with E-state index >= 15 is 0 Å². The highest BCUT2D eigenvalue weighted by molar-refractivity contribution is 7.19. The number of thiazole rings is 1. The number of pyridine rings is 1. The number of aromatic nitrogens is 4. The van der Waals surface area contributed by atoms with Crippen molar-refractivity contribution in [3.8, 4) is 5.19 Å². The maximum atomic E-state index is 6.27. The van der Waals surface area contributed by atoms with Crippen molar-refractivity contribution < 1.29 is 9.26 Å². The second-order valence-corrected chi connectivity index (χ2v) is 9.82. The van der Waals surface area contributed by atoms with Gasteiger partial charge < -0.3 is 14.2 Å². The zero-order valence-electron chi connectivity index (χ0n) is 18.8. The molecule has 3 aromatic rings. The van der Waals surface area contributed by atoms with Gasteiger partial charge in [0.15, 0.2) is 5.82 Å². The largest absolute Gasteiger partial charge is 0.467 e. The molecule has 5 rings (SSSR count). The minimum atomic E-state index is 0.0927. The molecule has 7 nitrogen and oxygen atoms in total. The van der Waals surface area contributed by atoms with Gasteiger partial charge in [-0.3, -0.25) is 0 Å². The summed E-state index contributed by atoms with van der Waals surface area (Å²) >= 11 is 1.53. The second kappa shape index (κ2) is 9.02. The summed E-state index contributed by atoms with van der Waals surface area (Å²) in [5.74, 6) is 1.50. The number of allylic oxidation sites excluding steroid dienone is 4. The van der Waals surface area contributed by atoms with Gasteiger partial charge in [0.1, 0.15) is 16.5 Å². The lowest BCUT2D eigenvalue weighted by Gasteiger charge is -2.33. The van der Waals surface area contributed by atoms with Gasteiger partial charge in [-0.25, -0.2) is 9.97 Å². The molecule has 168 valence electrons. The van der Waals surface area contributed by atoms with Crippen LogP contribution in [0.3, 0.4) is 0 Å². The van der Waals surface area contributed by atoms with Gasteiger partial charge in [-0.05, 0) is 56.2 Å². The van der Waals surface area contributed by atoms with Gasteiger partial charge in [-0.1, -0.05) is 48.6 Å². The molecule has 2 aliphatic rings. The summed E-state index contributed by atoms with van der Waals surface area (Å²) in [7, 11) is 0. The van der Waals surface area contributed by atoms with Gasteiger partial charge in [0.05, 0.1) is 5.69 Å². The van der Waals surface area contributed by atoms with Crippen molar-refractivity contribution in [2.24, 2.45) is 5.92 Å². The fourth-order valence-corrected chi connectivity index (χ4v) is 5.09. The predicted molar refractivity (Wildman–Crippen MR) is 127 cm³/mol. The Balaban J connectivity index is 1.21. The number of rotatable bonds is 6. The first kappa shape index (κ1) is 21.1. The summed E-state index contributed by atoms with van der Waals surface area (Å²) in [6.07, 6.45) is 10.9. The SMILES string of the molecule is CC(C)c1noc(N2CCC(C(C)Oc3nc4ccc(C5=CCCC=C5)nc4s3)CC2)n1. The van der Waals surface area contributed by atoms with Gasteiger partial charge in [-0.15, -0.1) is 0 Å². The van der Waals surface area contributed by atoms with Crippen molar-refractivity contribution in [3.63, 3.8) is 0 Å². The average Bonchev–Trinajstić information content (AvgIpc) is 3.46. The lowest BCUT2D eigenvalue weighted by molar-refractivity contribution is 0.131. The third-order valence-electron chi connectivity index (χ3n) is 6.23. The summed E-state index contributed by atoms with van der Waals surface area (Å²) in [6, 6.07) is 4.73. The molecule has 1 aliphatic carbocycles. The molecule has 4 heterocycles. The van der Waals surface area contributed by atoms with Gasteiger partial charge in [0, 0.05) is 19.0 Å². The van der Waals surface area contributed by atoms with E-state index in [0.717, 1.165) is 60.6 Å². The number of ether oxygens (including phenoxy) is 1. The predicted octanol–water partition coefficient (Wildman–Crippen LogP) is 5.62. The van der Waals surface area contributed by atoms with Crippen LogP contribution in [-0.4, -0.2) is 39.3 Å². The molecule has 0 bridgehead atoms. The molecule has 1 aliphatic heterocycles. The Morgan fingerprint density at radius 3 is 2.66 bits per heavy atom. The molecule has 0 spiro atoms. The van der Waals surface area contributed by atoms with Crippen LogP contribution in [0.15, 0.2) is 34.9 Å². The molecule has 0 amide bonds. The van der Waals surface area contributed by atoms with Crippen LogP contribution in [0.5, 0.6) is 5.19 Å². The maximum absolute atomic E-state index is 6.27. The molecule has 0 radical (unpaired) electrons. The quantitative estimate of drug-likeness (QED) is 0.482. The monoisotopic (exact) mass is 451 g/mol. The van der Waals surface area contributed by atoms with E-state index in [1.807, 2.05) is 6.07 Å². The Morgan fingerprint density at radius 1 is 1.09 bits per heavy atom. The van der Waals surface area contributed by atoms with Crippen LogP contribution in [0.4, 0.5) is 6.01 Å². The van der Waals surface area contributed by atoms with Crippen LogP contribution in [0.1, 0.15) is 63.9 Å². The molecule has 0 aromatic carbocycles. The van der Waals surface area contributed by atoms with Crippen molar-refractivity contribution in [2.45, 2.75) is 58.5 Å². The molecule has 3 aromatic heterocycles. The molecule has 1 fully saturated rings. The zero-order chi connectivity index (χ0) is 22.1. The molecule has 0 saturated carbocycles. The van der Waals surface area contributed by atoms with Crippen LogP contribution < -0.4 is 9.64 Å². The topological polar surface area (TPSA) is 77.2 Å². The number of hydrogen-bond donors (Lipinski definition) is 0. The van der Waals surface area contributed by atoms with Crippen LogP contribution >= 0.6 is 11.3 Å². The minimum Gasteiger partial charge on any atom is -0.467 e. The zero-order valence-corrected chi connectivity index (χ0v) is 19.6. The van der Waals surface area contributed by atoms with Crippen molar-refractivity contribution in [2.75, 3.05) is 18.0 Å². The van der Waals surface area contributed by atoms with Crippen LogP contribution in [-0.2, 0) is 0 Å². The first-order valence-electron chi connectivity index (χ1n) is 11.5. The highest BCUT2D eigenvalue weighted by Crippen LogP contribution is 2.32. The third-order valence-corrected chi connectivity index (χ3v) is 7.09. The molecule has 32 heavy (non-hydrogen) atoms. The molecule has 1 saturated heterocycles. The van der Waals surface area contributed by atoms with Crippen LogP contribution in [0.2, 0.25) is 0 Å².